The van der Waals surface area contributed by atoms with Gasteiger partial charge in [-0.25, -0.2) is 4.79 Å². The van der Waals surface area contributed by atoms with Gasteiger partial charge in [-0.15, -0.1) is 11.6 Å². The first-order valence-electron chi connectivity index (χ1n) is 5.42. The average Bonchev–Trinajstić information content (AvgIpc) is 2.70. The van der Waals surface area contributed by atoms with Crippen molar-refractivity contribution in [3.05, 3.63) is 28.2 Å². The molecule has 0 aromatic heterocycles. The smallest absolute Gasteiger partial charge is 0.337 e. The van der Waals surface area contributed by atoms with Crippen LogP contribution >= 0.6 is 27.5 Å². The lowest BCUT2D eigenvalue weighted by atomic mass is 10.1. The van der Waals surface area contributed by atoms with Gasteiger partial charge in [-0.3, -0.25) is 4.79 Å². The number of carbonyl (C=O) groups excluding carboxylic acids is 1. The lowest BCUT2D eigenvalue weighted by Gasteiger charge is -2.19. The monoisotopic (exact) mass is 331 g/mol. The standard InChI is InChI=1S/C12H11BrClNO3/c13-8-1-2-9(12(17)18)10(4-8)15-6-7(5-14)3-11(15)16/h1-2,4,7H,3,5-6H2,(H,17,18). The van der Waals surface area contributed by atoms with E-state index in [0.29, 0.717) is 24.5 Å². The Morgan fingerprint density at radius 3 is 2.83 bits per heavy atom. The second-order valence-electron chi connectivity index (χ2n) is 4.20. The van der Waals surface area contributed by atoms with Crippen LogP contribution in [-0.4, -0.2) is 29.4 Å². The minimum absolute atomic E-state index is 0.0822. The van der Waals surface area contributed by atoms with Crippen molar-refractivity contribution in [1.82, 2.24) is 0 Å². The van der Waals surface area contributed by atoms with Crippen molar-refractivity contribution in [2.75, 3.05) is 17.3 Å². The molecule has 1 aromatic carbocycles. The van der Waals surface area contributed by atoms with Gasteiger partial charge in [0.25, 0.3) is 0 Å². The van der Waals surface area contributed by atoms with Crippen LogP contribution in [0.4, 0.5) is 5.69 Å². The van der Waals surface area contributed by atoms with Crippen LogP contribution in [0.25, 0.3) is 0 Å². The molecule has 1 aromatic rings. The molecule has 1 aliphatic rings. The number of carbonyl (C=O) groups is 2. The Kier molecular flexibility index (Phi) is 3.92. The highest BCUT2D eigenvalue weighted by Gasteiger charge is 2.32. The lowest BCUT2D eigenvalue weighted by Crippen LogP contribution is -2.26. The molecule has 18 heavy (non-hydrogen) atoms. The van der Waals surface area contributed by atoms with Crippen LogP contribution in [0.3, 0.4) is 0 Å². The highest BCUT2D eigenvalue weighted by atomic mass is 79.9. The van der Waals surface area contributed by atoms with Crippen molar-refractivity contribution in [2.24, 2.45) is 5.92 Å². The van der Waals surface area contributed by atoms with E-state index in [0.717, 1.165) is 4.47 Å². The van der Waals surface area contributed by atoms with Gasteiger partial charge in [-0.1, -0.05) is 15.9 Å². The van der Waals surface area contributed by atoms with E-state index in [1.807, 2.05) is 0 Å². The maximum Gasteiger partial charge on any atom is 0.337 e. The number of amides is 1. The molecule has 2 rings (SSSR count). The number of benzene rings is 1. The van der Waals surface area contributed by atoms with E-state index in [1.54, 1.807) is 12.1 Å². The second-order valence-corrected chi connectivity index (χ2v) is 5.42. The molecule has 0 radical (unpaired) electrons. The third-order valence-electron chi connectivity index (χ3n) is 2.90. The summed E-state index contributed by atoms with van der Waals surface area (Å²) < 4.78 is 0.740. The molecular weight excluding hydrogens is 321 g/mol. The van der Waals surface area contributed by atoms with Crippen LogP contribution in [0, 0.1) is 5.92 Å². The first kappa shape index (κ1) is 13.4. The minimum Gasteiger partial charge on any atom is -0.478 e. The van der Waals surface area contributed by atoms with Crippen LogP contribution in [0.2, 0.25) is 0 Å². The summed E-state index contributed by atoms with van der Waals surface area (Å²) >= 11 is 9.04. The lowest BCUT2D eigenvalue weighted by molar-refractivity contribution is -0.117. The number of carboxylic acid groups (broad SMARTS) is 1. The van der Waals surface area contributed by atoms with E-state index in [4.69, 9.17) is 16.7 Å². The summed E-state index contributed by atoms with van der Waals surface area (Å²) in [7, 11) is 0. The molecule has 1 aliphatic heterocycles. The molecule has 1 saturated heterocycles. The number of nitrogens with zero attached hydrogens (tertiary/aromatic N) is 1. The molecule has 1 amide bonds. The van der Waals surface area contributed by atoms with Gasteiger partial charge in [0.1, 0.15) is 0 Å². The van der Waals surface area contributed by atoms with E-state index in [2.05, 4.69) is 15.9 Å². The number of alkyl halides is 1. The molecule has 1 fully saturated rings. The second kappa shape index (κ2) is 5.28. The average molecular weight is 333 g/mol. The van der Waals surface area contributed by atoms with Crippen molar-refractivity contribution < 1.29 is 14.7 Å². The molecule has 1 atom stereocenters. The van der Waals surface area contributed by atoms with Gasteiger partial charge in [0.05, 0.1) is 11.3 Å². The fourth-order valence-electron chi connectivity index (χ4n) is 2.03. The fraction of sp³-hybridized carbons (Fsp3) is 0.333. The zero-order chi connectivity index (χ0) is 13.3. The van der Waals surface area contributed by atoms with Gasteiger partial charge in [0.2, 0.25) is 5.91 Å². The number of halogens is 2. The van der Waals surface area contributed by atoms with Gasteiger partial charge in [-0.2, -0.15) is 0 Å². The SMILES string of the molecule is O=C(O)c1ccc(Br)cc1N1CC(CCl)CC1=O. The van der Waals surface area contributed by atoms with Crippen molar-refractivity contribution in [3.8, 4) is 0 Å². The van der Waals surface area contributed by atoms with Crippen LogP contribution in [-0.2, 0) is 4.79 Å². The number of anilines is 1. The first-order chi connectivity index (χ1) is 8.52. The topological polar surface area (TPSA) is 57.6 Å². The molecule has 96 valence electrons. The van der Waals surface area contributed by atoms with Crippen LogP contribution < -0.4 is 4.90 Å². The van der Waals surface area contributed by atoms with Gasteiger partial charge in [0.15, 0.2) is 0 Å². The van der Waals surface area contributed by atoms with Gasteiger partial charge < -0.3 is 10.0 Å². The number of carboxylic acids is 1. The Morgan fingerprint density at radius 1 is 1.56 bits per heavy atom. The van der Waals surface area contributed by atoms with Gasteiger partial charge in [-0.05, 0) is 24.1 Å². The molecule has 6 heteroatoms. The number of hydrogen-bond acceptors (Lipinski definition) is 2. The predicted octanol–water partition coefficient (Wildman–Crippen LogP) is 2.74. The number of aromatic carboxylic acids is 1. The Bertz CT molecular complexity index is 506. The van der Waals surface area contributed by atoms with Gasteiger partial charge in [0, 0.05) is 23.3 Å². The summed E-state index contributed by atoms with van der Waals surface area (Å²) in [6, 6.07) is 4.79. The van der Waals surface area contributed by atoms with Gasteiger partial charge >= 0.3 is 5.97 Å². The molecule has 1 heterocycles. The third-order valence-corrected chi connectivity index (χ3v) is 3.83. The van der Waals surface area contributed by atoms with Crippen molar-refractivity contribution in [2.45, 2.75) is 6.42 Å². The van der Waals surface area contributed by atoms with Crippen LogP contribution in [0.5, 0.6) is 0 Å². The quantitative estimate of drug-likeness (QED) is 0.866. The highest BCUT2D eigenvalue weighted by Crippen LogP contribution is 2.31. The Labute approximate surface area is 118 Å². The van der Waals surface area contributed by atoms with E-state index in [9.17, 15) is 9.59 Å². The predicted molar refractivity (Wildman–Crippen MR) is 72.3 cm³/mol. The third kappa shape index (κ3) is 2.52. The van der Waals surface area contributed by atoms with Crippen LogP contribution in [0.15, 0.2) is 22.7 Å². The number of rotatable bonds is 3. The summed E-state index contributed by atoms with van der Waals surface area (Å²) in [5.74, 6) is -0.640. The molecule has 0 bridgehead atoms. The normalized spacial score (nSPS) is 19.3. The zero-order valence-corrected chi connectivity index (χ0v) is 11.7. The molecule has 1 N–H and O–H groups in total. The highest BCUT2D eigenvalue weighted by molar-refractivity contribution is 9.10. The maximum atomic E-state index is 11.9. The number of hydrogen-bond donors (Lipinski definition) is 1. The van der Waals surface area contributed by atoms with E-state index >= 15 is 0 Å². The Hall–Kier alpha value is -1.07. The van der Waals surface area contributed by atoms with E-state index in [-0.39, 0.29) is 17.4 Å². The maximum absolute atomic E-state index is 11.9. The summed E-state index contributed by atoms with van der Waals surface area (Å²) in [6.45, 7) is 0.471. The zero-order valence-electron chi connectivity index (χ0n) is 9.40. The molecule has 0 spiro atoms. The summed E-state index contributed by atoms with van der Waals surface area (Å²) in [6.07, 6.45) is 0.370. The van der Waals surface area contributed by atoms with Crippen molar-refractivity contribution >= 4 is 45.1 Å². The molecule has 1 unspecified atom stereocenters. The van der Waals surface area contributed by atoms with Crippen molar-refractivity contribution in [1.29, 1.82) is 0 Å². The summed E-state index contributed by atoms with van der Waals surface area (Å²) in [5, 5.41) is 9.15. The minimum atomic E-state index is -1.04. The van der Waals surface area contributed by atoms with E-state index in [1.165, 1.54) is 11.0 Å². The molecule has 4 nitrogen and oxygen atoms in total. The molecule has 0 aliphatic carbocycles. The first-order valence-corrected chi connectivity index (χ1v) is 6.75. The molecule has 0 saturated carbocycles. The van der Waals surface area contributed by atoms with Crippen molar-refractivity contribution in [3.63, 3.8) is 0 Å². The summed E-state index contributed by atoms with van der Waals surface area (Å²) in [5.41, 5.74) is 0.552. The largest absolute Gasteiger partial charge is 0.478 e. The van der Waals surface area contributed by atoms with Crippen LogP contribution in [0.1, 0.15) is 16.8 Å². The summed E-state index contributed by atoms with van der Waals surface area (Å²) in [4.78, 5) is 24.6. The molecular formula is C12H11BrClNO3. The van der Waals surface area contributed by atoms with E-state index < -0.39 is 5.97 Å². The Morgan fingerprint density at radius 2 is 2.28 bits per heavy atom. The Balaban J connectivity index is 2.41. The fourth-order valence-corrected chi connectivity index (χ4v) is 2.58.